The summed E-state index contributed by atoms with van der Waals surface area (Å²) < 4.78 is 5.13. The van der Waals surface area contributed by atoms with E-state index in [1.165, 1.54) is 0 Å². The first-order valence-corrected chi connectivity index (χ1v) is 6.91. The average Bonchev–Trinajstić information content (AvgIpc) is 2.95. The normalized spacial score (nSPS) is 11.6. The molecule has 2 aromatic carbocycles. The van der Waals surface area contributed by atoms with Crippen LogP contribution in [0.15, 0.2) is 54.7 Å². The number of amides is 1. The zero-order valence-electron chi connectivity index (χ0n) is 12.2. The van der Waals surface area contributed by atoms with Gasteiger partial charge in [-0.15, -0.1) is 0 Å². The van der Waals surface area contributed by atoms with Crippen LogP contribution >= 0.6 is 0 Å². The topological polar surface area (TPSA) is 68.1 Å². The molecule has 0 saturated heterocycles. The van der Waals surface area contributed by atoms with Crippen LogP contribution in [0.5, 0.6) is 5.75 Å². The first-order valence-electron chi connectivity index (χ1n) is 6.91. The fraction of sp³-hybridized carbons (Fsp3) is 0.0556. The first-order chi connectivity index (χ1) is 10.7. The summed E-state index contributed by atoms with van der Waals surface area (Å²) in [6, 6.07) is 15.2. The number of H-pyrrole nitrogens is 1. The maximum atomic E-state index is 11.8. The van der Waals surface area contributed by atoms with Crippen LogP contribution in [-0.2, 0) is 4.79 Å². The summed E-state index contributed by atoms with van der Waals surface area (Å²) in [5.41, 5.74) is 8.73. The molecule has 0 unspecified atom stereocenters. The Morgan fingerprint density at radius 1 is 1.14 bits per heavy atom. The number of benzene rings is 2. The van der Waals surface area contributed by atoms with Crippen molar-refractivity contribution in [2.24, 2.45) is 5.73 Å². The zero-order chi connectivity index (χ0) is 15.5. The minimum atomic E-state index is -0.463. The van der Waals surface area contributed by atoms with Gasteiger partial charge in [0, 0.05) is 28.2 Å². The molecule has 3 N–H and O–H groups in total. The number of methoxy groups -OCH3 is 1. The lowest BCUT2D eigenvalue weighted by molar-refractivity contribution is -0.112. The molecule has 0 radical (unpaired) electrons. The van der Waals surface area contributed by atoms with Crippen LogP contribution in [0.25, 0.3) is 22.6 Å². The lowest BCUT2D eigenvalue weighted by Gasteiger charge is -2.05. The number of fused-ring (bicyclic) bond motifs is 1. The van der Waals surface area contributed by atoms with Gasteiger partial charge in [0.05, 0.1) is 7.11 Å². The highest BCUT2D eigenvalue weighted by atomic mass is 16.5. The summed E-state index contributed by atoms with van der Waals surface area (Å²) >= 11 is 0. The molecule has 1 heterocycles. The van der Waals surface area contributed by atoms with E-state index in [0.29, 0.717) is 5.57 Å². The van der Waals surface area contributed by atoms with Crippen LogP contribution in [0.1, 0.15) is 11.1 Å². The van der Waals surface area contributed by atoms with Crippen LogP contribution in [0.3, 0.4) is 0 Å². The van der Waals surface area contributed by atoms with Gasteiger partial charge in [0.1, 0.15) is 5.75 Å². The van der Waals surface area contributed by atoms with Crippen LogP contribution in [0.2, 0.25) is 0 Å². The summed E-state index contributed by atoms with van der Waals surface area (Å²) in [5.74, 6) is 0.273. The number of rotatable bonds is 4. The van der Waals surface area contributed by atoms with Crippen LogP contribution < -0.4 is 10.5 Å². The van der Waals surface area contributed by atoms with Crippen LogP contribution in [-0.4, -0.2) is 18.0 Å². The van der Waals surface area contributed by atoms with E-state index in [2.05, 4.69) is 4.98 Å². The molecule has 1 amide bonds. The molecule has 0 aliphatic heterocycles. The third-order valence-corrected chi connectivity index (χ3v) is 3.59. The van der Waals surface area contributed by atoms with Crippen molar-refractivity contribution in [1.29, 1.82) is 0 Å². The van der Waals surface area contributed by atoms with Gasteiger partial charge in [-0.2, -0.15) is 0 Å². The quantitative estimate of drug-likeness (QED) is 0.725. The molecule has 110 valence electrons. The smallest absolute Gasteiger partial charge is 0.249 e. The predicted molar refractivity (Wildman–Crippen MR) is 88.4 cm³/mol. The van der Waals surface area contributed by atoms with Gasteiger partial charge in [0.2, 0.25) is 5.91 Å². The molecule has 0 atom stereocenters. The van der Waals surface area contributed by atoms with Gasteiger partial charge in [-0.25, -0.2) is 0 Å². The van der Waals surface area contributed by atoms with E-state index in [1.54, 1.807) is 19.2 Å². The molecule has 4 nitrogen and oxygen atoms in total. The average molecular weight is 292 g/mol. The summed E-state index contributed by atoms with van der Waals surface area (Å²) in [6.07, 6.45) is 3.68. The number of nitrogens with one attached hydrogen (secondary N) is 1. The second kappa shape index (κ2) is 5.77. The van der Waals surface area contributed by atoms with Crippen molar-refractivity contribution in [1.82, 2.24) is 4.98 Å². The van der Waals surface area contributed by atoms with Crippen molar-refractivity contribution in [3.63, 3.8) is 0 Å². The lowest BCUT2D eigenvalue weighted by atomic mass is 10.0. The summed E-state index contributed by atoms with van der Waals surface area (Å²) in [5, 5.41) is 1.05. The Bertz CT molecular complexity index is 845. The maximum Gasteiger partial charge on any atom is 0.249 e. The highest BCUT2D eigenvalue weighted by Gasteiger charge is 2.10. The van der Waals surface area contributed by atoms with Crippen molar-refractivity contribution < 1.29 is 9.53 Å². The van der Waals surface area contributed by atoms with E-state index < -0.39 is 5.91 Å². The fourth-order valence-electron chi connectivity index (χ4n) is 2.44. The van der Waals surface area contributed by atoms with Gasteiger partial charge in [0.25, 0.3) is 0 Å². The Labute approximate surface area is 128 Å². The van der Waals surface area contributed by atoms with E-state index in [1.807, 2.05) is 48.7 Å². The molecular weight excluding hydrogens is 276 g/mol. The number of aromatic amines is 1. The molecule has 0 spiro atoms. The summed E-state index contributed by atoms with van der Waals surface area (Å²) in [4.78, 5) is 15.0. The number of hydrogen-bond donors (Lipinski definition) is 2. The molecule has 0 aliphatic carbocycles. The Morgan fingerprint density at radius 2 is 1.86 bits per heavy atom. The van der Waals surface area contributed by atoms with Gasteiger partial charge >= 0.3 is 0 Å². The van der Waals surface area contributed by atoms with Crippen LogP contribution in [0, 0.1) is 0 Å². The van der Waals surface area contributed by atoms with Gasteiger partial charge in [-0.3, -0.25) is 4.79 Å². The molecule has 3 aromatic rings. The highest BCUT2D eigenvalue weighted by Crippen LogP contribution is 2.25. The second-order valence-corrected chi connectivity index (χ2v) is 4.94. The minimum absolute atomic E-state index is 0.463. The molecule has 3 rings (SSSR count). The third-order valence-electron chi connectivity index (χ3n) is 3.59. The predicted octanol–water partition coefficient (Wildman–Crippen LogP) is 3.20. The molecule has 0 bridgehead atoms. The zero-order valence-corrected chi connectivity index (χ0v) is 12.2. The molecule has 0 saturated carbocycles. The van der Waals surface area contributed by atoms with Gasteiger partial charge in [-0.1, -0.05) is 30.3 Å². The number of aromatic nitrogens is 1. The Balaban J connectivity index is 2.08. The largest absolute Gasteiger partial charge is 0.497 e. The third kappa shape index (κ3) is 2.59. The SMILES string of the molecule is COc1ccc(/C(=C\c2c[nH]c3ccccc23)C(N)=O)cc1. The van der Waals surface area contributed by atoms with E-state index in [4.69, 9.17) is 10.5 Å². The van der Waals surface area contributed by atoms with Gasteiger partial charge < -0.3 is 15.5 Å². The fourth-order valence-corrected chi connectivity index (χ4v) is 2.44. The highest BCUT2D eigenvalue weighted by molar-refractivity contribution is 6.24. The lowest BCUT2D eigenvalue weighted by Crippen LogP contribution is -2.12. The van der Waals surface area contributed by atoms with Gasteiger partial charge in [0.15, 0.2) is 0 Å². The standard InChI is InChI=1S/C18H16N2O2/c1-22-14-8-6-12(7-9-14)16(18(19)21)10-13-11-20-17-5-3-2-4-15(13)17/h2-11,20H,1H3,(H2,19,21)/b16-10+. The monoisotopic (exact) mass is 292 g/mol. The molecule has 0 fully saturated rings. The van der Waals surface area contributed by atoms with Crippen molar-refractivity contribution in [2.45, 2.75) is 0 Å². The Kier molecular flexibility index (Phi) is 3.66. The number of ether oxygens (including phenoxy) is 1. The number of hydrogen-bond acceptors (Lipinski definition) is 2. The van der Waals surface area contributed by atoms with Crippen molar-refractivity contribution in [2.75, 3.05) is 7.11 Å². The van der Waals surface area contributed by atoms with E-state index in [9.17, 15) is 4.79 Å². The van der Waals surface area contributed by atoms with Crippen molar-refractivity contribution in [3.8, 4) is 5.75 Å². The Morgan fingerprint density at radius 3 is 2.55 bits per heavy atom. The number of primary amides is 1. The van der Waals surface area contributed by atoms with E-state index >= 15 is 0 Å². The number of para-hydroxylation sites is 1. The second-order valence-electron chi connectivity index (χ2n) is 4.94. The number of carbonyl (C=O) groups is 1. The number of carbonyl (C=O) groups excluding carboxylic acids is 1. The van der Waals surface area contributed by atoms with Crippen molar-refractivity contribution >= 4 is 28.5 Å². The molecule has 1 aromatic heterocycles. The summed E-state index contributed by atoms with van der Waals surface area (Å²) in [6.45, 7) is 0. The van der Waals surface area contributed by atoms with Crippen LogP contribution in [0.4, 0.5) is 0 Å². The summed E-state index contributed by atoms with van der Waals surface area (Å²) in [7, 11) is 1.60. The molecule has 4 heteroatoms. The molecule has 22 heavy (non-hydrogen) atoms. The van der Waals surface area contributed by atoms with Crippen molar-refractivity contribution in [3.05, 3.63) is 65.9 Å². The molecular formula is C18H16N2O2. The first kappa shape index (κ1) is 13.9. The number of nitrogens with two attached hydrogens (primary N) is 1. The van der Waals surface area contributed by atoms with E-state index in [-0.39, 0.29) is 0 Å². The maximum absolute atomic E-state index is 11.8. The molecule has 0 aliphatic rings. The minimum Gasteiger partial charge on any atom is -0.497 e. The van der Waals surface area contributed by atoms with E-state index in [0.717, 1.165) is 27.8 Å². The Hall–Kier alpha value is -3.01. The van der Waals surface area contributed by atoms with Gasteiger partial charge in [-0.05, 0) is 29.8 Å².